The fourth-order valence-corrected chi connectivity index (χ4v) is 6.90. The van der Waals surface area contributed by atoms with Gasteiger partial charge in [0.15, 0.2) is 14.6 Å². The molecule has 2 fully saturated rings. The number of nitrogens with one attached hydrogen (secondary N) is 1. The van der Waals surface area contributed by atoms with E-state index in [9.17, 15) is 18.3 Å². The summed E-state index contributed by atoms with van der Waals surface area (Å²) in [5.74, 6) is 0.508. The van der Waals surface area contributed by atoms with Gasteiger partial charge in [-0.1, -0.05) is 0 Å². The summed E-state index contributed by atoms with van der Waals surface area (Å²) in [5, 5.41) is 13.3. The summed E-state index contributed by atoms with van der Waals surface area (Å²) in [6.45, 7) is 1.60. The number of ether oxygens (including phenoxy) is 2. The van der Waals surface area contributed by atoms with Crippen molar-refractivity contribution in [3.63, 3.8) is 0 Å². The van der Waals surface area contributed by atoms with Crippen LogP contribution in [-0.4, -0.2) is 44.4 Å². The number of hydrogen-bond acceptors (Lipinski definition) is 6. The average molecular weight is 446 g/mol. The van der Waals surface area contributed by atoms with Gasteiger partial charge >= 0.3 is 5.97 Å². The molecule has 2 aliphatic rings. The SMILES string of the molecule is COc1ccc(Oc2ccc(S(=O)(=O)C3(C(=O)O)CCC4(CCNCC4)C3)cc2)cc1. The minimum absolute atomic E-state index is 0.0166. The first-order chi connectivity index (χ1) is 14.8. The molecule has 166 valence electrons. The minimum atomic E-state index is -4.07. The molecule has 1 aliphatic heterocycles. The number of piperidine rings is 1. The third-order valence-electron chi connectivity index (χ3n) is 6.72. The molecule has 1 aliphatic carbocycles. The molecule has 1 heterocycles. The molecule has 0 aromatic heterocycles. The Balaban J connectivity index is 1.57. The third-order valence-corrected chi connectivity index (χ3v) is 9.16. The van der Waals surface area contributed by atoms with Crippen molar-refractivity contribution in [1.29, 1.82) is 0 Å². The molecular weight excluding hydrogens is 418 g/mol. The molecule has 2 aromatic carbocycles. The van der Waals surface area contributed by atoms with Gasteiger partial charge in [-0.15, -0.1) is 0 Å². The lowest BCUT2D eigenvalue weighted by Gasteiger charge is -2.35. The zero-order chi connectivity index (χ0) is 22.1. The zero-order valence-electron chi connectivity index (χ0n) is 17.5. The van der Waals surface area contributed by atoms with E-state index in [0.29, 0.717) is 23.7 Å². The van der Waals surface area contributed by atoms with Gasteiger partial charge in [-0.3, -0.25) is 4.79 Å². The molecule has 1 saturated heterocycles. The monoisotopic (exact) mass is 445 g/mol. The summed E-state index contributed by atoms with van der Waals surface area (Å²) in [6, 6.07) is 13.0. The number of benzene rings is 2. The quantitative estimate of drug-likeness (QED) is 0.700. The number of sulfone groups is 1. The Morgan fingerprint density at radius 1 is 0.903 bits per heavy atom. The maximum Gasteiger partial charge on any atom is 0.325 e. The van der Waals surface area contributed by atoms with Gasteiger partial charge in [0.25, 0.3) is 0 Å². The highest BCUT2D eigenvalue weighted by Gasteiger charge is 2.60. The van der Waals surface area contributed by atoms with Crippen LogP contribution in [0.2, 0.25) is 0 Å². The Hall–Kier alpha value is -2.58. The van der Waals surface area contributed by atoms with Gasteiger partial charge in [-0.25, -0.2) is 8.42 Å². The number of rotatable bonds is 6. The van der Waals surface area contributed by atoms with Gasteiger partial charge in [-0.05, 0) is 99.1 Å². The Bertz CT molecular complexity index is 1040. The number of carboxylic acid groups (broad SMARTS) is 1. The highest BCUT2D eigenvalue weighted by atomic mass is 32.2. The Morgan fingerprint density at radius 3 is 2.00 bits per heavy atom. The molecule has 1 spiro atoms. The van der Waals surface area contributed by atoms with Gasteiger partial charge in [0.2, 0.25) is 0 Å². The van der Waals surface area contributed by atoms with Crippen molar-refractivity contribution < 1.29 is 27.8 Å². The van der Waals surface area contributed by atoms with Crippen LogP contribution in [0.5, 0.6) is 17.2 Å². The van der Waals surface area contributed by atoms with E-state index in [2.05, 4.69) is 5.32 Å². The summed E-state index contributed by atoms with van der Waals surface area (Å²) < 4.78 is 36.1. The standard InChI is InChI=1S/C23H27NO6S/c1-29-17-2-4-18(5-3-17)30-19-6-8-20(9-7-19)31(27,28)23(21(25)26)11-10-22(16-23)12-14-24-15-13-22/h2-9,24H,10-16H2,1H3,(H,25,26). The molecule has 0 bridgehead atoms. The van der Waals surface area contributed by atoms with Crippen molar-refractivity contribution >= 4 is 15.8 Å². The second-order valence-corrected chi connectivity index (χ2v) is 10.7. The molecule has 1 saturated carbocycles. The van der Waals surface area contributed by atoms with Gasteiger partial charge in [0.1, 0.15) is 17.2 Å². The molecule has 0 radical (unpaired) electrons. The summed E-state index contributed by atoms with van der Waals surface area (Å²) in [7, 11) is -2.49. The van der Waals surface area contributed by atoms with Crippen LogP contribution < -0.4 is 14.8 Å². The smallest absolute Gasteiger partial charge is 0.325 e. The Labute approximate surface area is 182 Å². The number of methoxy groups -OCH3 is 1. The predicted octanol–water partition coefficient (Wildman–Crippen LogP) is 3.64. The molecule has 2 aromatic rings. The van der Waals surface area contributed by atoms with Gasteiger partial charge in [0, 0.05) is 0 Å². The maximum absolute atomic E-state index is 13.5. The summed E-state index contributed by atoms with van der Waals surface area (Å²) in [6.07, 6.45) is 2.56. The lowest BCUT2D eigenvalue weighted by Crippen LogP contribution is -2.46. The van der Waals surface area contributed by atoms with Crippen LogP contribution >= 0.6 is 0 Å². The van der Waals surface area contributed by atoms with E-state index in [1.807, 2.05) is 0 Å². The van der Waals surface area contributed by atoms with Crippen LogP contribution in [0.4, 0.5) is 0 Å². The molecular formula is C23H27NO6S. The van der Waals surface area contributed by atoms with Crippen molar-refractivity contribution in [2.75, 3.05) is 20.2 Å². The van der Waals surface area contributed by atoms with E-state index in [1.165, 1.54) is 12.1 Å². The minimum Gasteiger partial charge on any atom is -0.497 e. The fraction of sp³-hybridized carbons (Fsp3) is 0.435. The third kappa shape index (κ3) is 3.90. The number of carbonyl (C=O) groups is 1. The van der Waals surface area contributed by atoms with Crippen LogP contribution in [0.25, 0.3) is 0 Å². The number of carboxylic acids is 1. The first kappa shape index (κ1) is 21.6. The van der Waals surface area contributed by atoms with E-state index >= 15 is 0 Å². The first-order valence-electron chi connectivity index (χ1n) is 10.4. The van der Waals surface area contributed by atoms with Crippen molar-refractivity contribution in [3.05, 3.63) is 48.5 Å². The highest BCUT2D eigenvalue weighted by Crippen LogP contribution is 2.54. The largest absolute Gasteiger partial charge is 0.497 e. The molecule has 0 amide bonds. The van der Waals surface area contributed by atoms with Crippen LogP contribution in [0, 0.1) is 5.41 Å². The van der Waals surface area contributed by atoms with E-state index in [0.717, 1.165) is 25.9 Å². The van der Waals surface area contributed by atoms with Gasteiger partial charge < -0.3 is 19.9 Å². The predicted molar refractivity (Wildman–Crippen MR) is 115 cm³/mol. The zero-order valence-corrected chi connectivity index (χ0v) is 18.3. The fourth-order valence-electron chi connectivity index (χ4n) is 4.85. The molecule has 31 heavy (non-hydrogen) atoms. The Morgan fingerprint density at radius 2 is 1.45 bits per heavy atom. The average Bonchev–Trinajstić information content (AvgIpc) is 3.16. The lowest BCUT2D eigenvalue weighted by atomic mass is 9.77. The van der Waals surface area contributed by atoms with E-state index in [-0.39, 0.29) is 23.2 Å². The van der Waals surface area contributed by atoms with E-state index < -0.39 is 20.6 Å². The van der Waals surface area contributed by atoms with Crippen molar-refractivity contribution in [3.8, 4) is 17.2 Å². The van der Waals surface area contributed by atoms with Crippen molar-refractivity contribution in [1.82, 2.24) is 5.32 Å². The molecule has 1 unspecified atom stereocenters. The van der Waals surface area contributed by atoms with Crippen LogP contribution in [0.15, 0.2) is 53.4 Å². The second-order valence-electron chi connectivity index (χ2n) is 8.48. The molecule has 4 rings (SSSR count). The lowest BCUT2D eigenvalue weighted by molar-refractivity contribution is -0.140. The van der Waals surface area contributed by atoms with E-state index in [1.54, 1.807) is 43.5 Å². The number of aliphatic carboxylic acids is 1. The molecule has 2 N–H and O–H groups in total. The first-order valence-corrected chi connectivity index (χ1v) is 11.9. The molecule has 1 atom stereocenters. The highest BCUT2D eigenvalue weighted by molar-refractivity contribution is 7.93. The van der Waals surface area contributed by atoms with E-state index in [4.69, 9.17) is 9.47 Å². The van der Waals surface area contributed by atoms with Crippen molar-refractivity contribution in [2.24, 2.45) is 5.41 Å². The summed E-state index contributed by atoms with van der Waals surface area (Å²) in [4.78, 5) is 12.3. The van der Waals surface area contributed by atoms with Gasteiger partial charge in [0.05, 0.1) is 12.0 Å². The van der Waals surface area contributed by atoms with Crippen LogP contribution in [0.1, 0.15) is 32.1 Å². The van der Waals surface area contributed by atoms with Crippen LogP contribution in [-0.2, 0) is 14.6 Å². The van der Waals surface area contributed by atoms with Crippen LogP contribution in [0.3, 0.4) is 0 Å². The van der Waals surface area contributed by atoms with Crippen molar-refractivity contribution in [2.45, 2.75) is 41.7 Å². The maximum atomic E-state index is 13.5. The Kier molecular flexibility index (Phi) is 5.70. The number of hydrogen-bond donors (Lipinski definition) is 2. The normalized spacial score (nSPS) is 22.9. The summed E-state index contributed by atoms with van der Waals surface area (Å²) in [5.41, 5.74) is -0.214. The molecule has 8 heteroatoms. The topological polar surface area (TPSA) is 102 Å². The van der Waals surface area contributed by atoms with Gasteiger partial charge in [-0.2, -0.15) is 0 Å². The molecule has 7 nitrogen and oxygen atoms in total. The second kappa shape index (κ2) is 8.16. The summed E-state index contributed by atoms with van der Waals surface area (Å²) >= 11 is 0.